The summed E-state index contributed by atoms with van der Waals surface area (Å²) in [5.41, 5.74) is 6.00. The molecule has 45 heavy (non-hydrogen) atoms. The maximum atomic E-state index is 12.9. The van der Waals surface area contributed by atoms with E-state index in [4.69, 9.17) is 0 Å². The molecule has 1 atom stereocenters. The van der Waals surface area contributed by atoms with Crippen LogP contribution in [0.3, 0.4) is 0 Å². The van der Waals surface area contributed by atoms with Gasteiger partial charge in [-0.1, -0.05) is 62.0 Å². The van der Waals surface area contributed by atoms with Gasteiger partial charge in [0, 0.05) is 29.6 Å². The van der Waals surface area contributed by atoms with Crippen LogP contribution in [0, 0.1) is 6.92 Å². The molecule has 0 bridgehead atoms. The highest BCUT2D eigenvalue weighted by molar-refractivity contribution is 8.14. The van der Waals surface area contributed by atoms with Crippen molar-refractivity contribution in [1.29, 1.82) is 0 Å². The summed E-state index contributed by atoms with van der Waals surface area (Å²) in [7, 11) is 0. The van der Waals surface area contributed by atoms with E-state index in [1.807, 2.05) is 31.2 Å². The number of amides is 2. The lowest BCUT2D eigenvalue weighted by molar-refractivity contribution is -0.274. The molecule has 8 nitrogen and oxygen atoms in total. The number of anilines is 1. The van der Waals surface area contributed by atoms with E-state index < -0.39 is 6.36 Å². The second-order valence-electron chi connectivity index (χ2n) is 11.3. The number of thioether (sulfide) groups is 1. The second kappa shape index (κ2) is 13.8. The first-order valence-corrected chi connectivity index (χ1v) is 15.7. The van der Waals surface area contributed by atoms with Gasteiger partial charge in [0.1, 0.15) is 12.1 Å². The SMILES string of the molecule is Cc1ccc(C(C)C)c(N2CCS/C2=N\C(=O)NC(C)CCc2ccc(-c3ncn(-c4ccc(OC(F)(F)F)cc4)n3)cc2)c1. The van der Waals surface area contributed by atoms with Crippen LogP contribution in [-0.4, -0.2) is 50.7 Å². The minimum atomic E-state index is -4.74. The zero-order valence-electron chi connectivity index (χ0n) is 25.5. The molecule has 1 aromatic heterocycles. The number of aliphatic imine (C=N–C) groups is 1. The van der Waals surface area contributed by atoms with E-state index >= 15 is 0 Å². The van der Waals surface area contributed by atoms with E-state index in [1.165, 1.54) is 46.4 Å². The Kier molecular flexibility index (Phi) is 9.81. The highest BCUT2D eigenvalue weighted by Crippen LogP contribution is 2.33. The van der Waals surface area contributed by atoms with Crippen molar-refractivity contribution in [2.75, 3.05) is 17.2 Å². The monoisotopic (exact) mass is 636 g/mol. The average molecular weight is 637 g/mol. The van der Waals surface area contributed by atoms with Crippen molar-refractivity contribution >= 4 is 28.6 Å². The Morgan fingerprint density at radius 3 is 2.49 bits per heavy atom. The van der Waals surface area contributed by atoms with Crippen molar-refractivity contribution in [2.45, 2.75) is 58.9 Å². The molecule has 0 spiro atoms. The number of benzene rings is 3. The van der Waals surface area contributed by atoms with E-state index in [0.717, 1.165) is 47.1 Å². The van der Waals surface area contributed by atoms with Crippen LogP contribution < -0.4 is 15.0 Å². The molecule has 2 heterocycles. The Balaban J connectivity index is 1.14. The van der Waals surface area contributed by atoms with Gasteiger partial charge in [0.2, 0.25) is 0 Å². The molecule has 1 saturated heterocycles. The van der Waals surface area contributed by atoms with Crippen LogP contribution in [-0.2, 0) is 6.42 Å². The number of nitrogens with one attached hydrogen (secondary N) is 1. The average Bonchev–Trinajstić information content (AvgIpc) is 3.66. The number of rotatable bonds is 9. The minimum absolute atomic E-state index is 0.0724. The van der Waals surface area contributed by atoms with Crippen molar-refractivity contribution < 1.29 is 22.7 Å². The molecular formula is C33H35F3N6O2S. The van der Waals surface area contributed by atoms with Crippen molar-refractivity contribution in [3.05, 3.63) is 89.7 Å². The van der Waals surface area contributed by atoms with Gasteiger partial charge in [-0.2, -0.15) is 4.99 Å². The summed E-state index contributed by atoms with van der Waals surface area (Å²) in [6.45, 7) is 9.21. The summed E-state index contributed by atoms with van der Waals surface area (Å²) in [5, 5.41) is 8.20. The smallest absolute Gasteiger partial charge is 0.406 e. The third-order valence-electron chi connectivity index (χ3n) is 7.35. The van der Waals surface area contributed by atoms with Gasteiger partial charge in [-0.3, -0.25) is 0 Å². The summed E-state index contributed by atoms with van der Waals surface area (Å²) in [5.74, 6) is 1.43. The molecule has 3 aromatic carbocycles. The van der Waals surface area contributed by atoms with Crippen LogP contribution in [0.2, 0.25) is 0 Å². The highest BCUT2D eigenvalue weighted by Gasteiger charge is 2.31. The molecule has 1 aliphatic rings. The Labute approximate surface area is 264 Å². The Bertz CT molecular complexity index is 1650. The van der Waals surface area contributed by atoms with Gasteiger partial charge in [-0.05, 0) is 79.6 Å². The number of ether oxygens (including phenoxy) is 1. The zero-order valence-corrected chi connectivity index (χ0v) is 26.3. The van der Waals surface area contributed by atoms with Gasteiger partial charge in [-0.15, -0.1) is 18.3 Å². The first kappa shape index (κ1) is 32.1. The third kappa shape index (κ3) is 8.44. The fourth-order valence-electron chi connectivity index (χ4n) is 5.02. The summed E-state index contributed by atoms with van der Waals surface area (Å²) < 4.78 is 42.7. The number of aromatic nitrogens is 3. The van der Waals surface area contributed by atoms with E-state index in [1.54, 1.807) is 11.8 Å². The number of carbonyl (C=O) groups excluding carboxylic acids is 1. The normalized spacial score (nSPS) is 15.1. The van der Waals surface area contributed by atoms with Crippen molar-refractivity contribution in [3.8, 4) is 22.8 Å². The summed E-state index contributed by atoms with van der Waals surface area (Å²) >= 11 is 1.60. The van der Waals surface area contributed by atoms with E-state index in [9.17, 15) is 18.0 Å². The molecule has 1 unspecified atom stereocenters. The van der Waals surface area contributed by atoms with Crippen LogP contribution in [0.5, 0.6) is 5.75 Å². The standard InChI is InChI=1S/C33H35F3N6O2S/c1-21(2)28-16-5-22(3)19-29(28)41-17-18-45-32(41)39-31(43)38-23(4)6-7-24-8-10-25(11-9-24)30-37-20-42(40-30)26-12-14-27(15-13-26)44-33(34,35)36/h5,8-16,19-21,23H,6-7,17-18H2,1-4H3,(H,38,43)/b39-32-. The molecule has 2 amide bonds. The van der Waals surface area contributed by atoms with E-state index in [2.05, 4.69) is 69.0 Å². The first-order chi connectivity index (χ1) is 21.4. The van der Waals surface area contributed by atoms with Gasteiger partial charge >= 0.3 is 12.4 Å². The molecule has 0 radical (unpaired) electrons. The number of carbonyl (C=O) groups is 1. The molecule has 5 rings (SSSR count). The van der Waals surface area contributed by atoms with Crippen LogP contribution >= 0.6 is 11.8 Å². The number of hydrogen-bond acceptors (Lipinski definition) is 5. The molecule has 12 heteroatoms. The van der Waals surface area contributed by atoms with E-state index in [0.29, 0.717) is 17.4 Å². The number of alkyl halides is 3. The predicted octanol–water partition coefficient (Wildman–Crippen LogP) is 7.90. The molecule has 0 aliphatic carbocycles. The Morgan fingerprint density at radius 2 is 1.80 bits per heavy atom. The number of halogens is 3. The van der Waals surface area contributed by atoms with Gasteiger partial charge < -0.3 is 15.0 Å². The minimum Gasteiger partial charge on any atom is -0.406 e. The Hall–Kier alpha value is -4.32. The third-order valence-corrected chi connectivity index (χ3v) is 8.30. The Morgan fingerprint density at radius 1 is 1.07 bits per heavy atom. The number of hydrogen-bond donors (Lipinski definition) is 1. The van der Waals surface area contributed by atoms with Crippen molar-refractivity contribution in [1.82, 2.24) is 20.1 Å². The zero-order chi connectivity index (χ0) is 32.1. The molecule has 0 saturated carbocycles. The maximum absolute atomic E-state index is 12.9. The van der Waals surface area contributed by atoms with Gasteiger partial charge in [0.05, 0.1) is 5.69 Å². The number of amidine groups is 1. The number of nitrogens with zero attached hydrogens (tertiary/aromatic N) is 5. The summed E-state index contributed by atoms with van der Waals surface area (Å²) in [6.07, 6.45) is -1.74. The molecule has 4 aromatic rings. The topological polar surface area (TPSA) is 84.6 Å². The lowest BCUT2D eigenvalue weighted by Crippen LogP contribution is -2.33. The van der Waals surface area contributed by atoms with Crippen LogP contribution in [0.25, 0.3) is 17.1 Å². The molecule has 1 aliphatic heterocycles. The number of aryl methyl sites for hydroxylation is 2. The predicted molar refractivity (Wildman–Crippen MR) is 172 cm³/mol. The lowest BCUT2D eigenvalue weighted by atomic mass is 9.99. The fraction of sp³-hybridized carbons (Fsp3) is 0.333. The van der Waals surface area contributed by atoms with Crippen LogP contribution in [0.4, 0.5) is 23.7 Å². The van der Waals surface area contributed by atoms with E-state index in [-0.39, 0.29) is 17.8 Å². The fourth-order valence-corrected chi connectivity index (χ4v) is 5.97. The second-order valence-corrected chi connectivity index (χ2v) is 12.3. The quantitative estimate of drug-likeness (QED) is 0.201. The lowest BCUT2D eigenvalue weighted by Gasteiger charge is -2.24. The van der Waals surface area contributed by atoms with Gasteiger partial charge in [0.25, 0.3) is 0 Å². The van der Waals surface area contributed by atoms with Gasteiger partial charge in [-0.25, -0.2) is 14.5 Å². The highest BCUT2D eigenvalue weighted by atomic mass is 32.2. The number of urea groups is 1. The summed E-state index contributed by atoms with van der Waals surface area (Å²) in [6, 6.07) is 19.3. The van der Waals surface area contributed by atoms with Gasteiger partial charge in [0.15, 0.2) is 11.0 Å². The molecule has 1 N–H and O–H groups in total. The van der Waals surface area contributed by atoms with Crippen molar-refractivity contribution in [2.24, 2.45) is 4.99 Å². The first-order valence-electron chi connectivity index (χ1n) is 14.7. The van der Waals surface area contributed by atoms with Crippen LogP contribution in [0.1, 0.15) is 49.8 Å². The molecule has 236 valence electrons. The van der Waals surface area contributed by atoms with Crippen LogP contribution in [0.15, 0.2) is 78.0 Å². The maximum Gasteiger partial charge on any atom is 0.573 e. The molecular weight excluding hydrogens is 601 g/mol. The largest absolute Gasteiger partial charge is 0.573 e. The summed E-state index contributed by atoms with van der Waals surface area (Å²) in [4.78, 5) is 23.8. The van der Waals surface area contributed by atoms with Crippen molar-refractivity contribution in [3.63, 3.8) is 0 Å². The molecule has 1 fully saturated rings.